The minimum atomic E-state index is 0.330. The molecule has 0 fully saturated rings. The highest BCUT2D eigenvalue weighted by atomic mass is 32.1. The van der Waals surface area contributed by atoms with Gasteiger partial charge in [0.2, 0.25) is 0 Å². The molecule has 1 atom stereocenters. The Hall–Kier alpha value is -1.20. The van der Waals surface area contributed by atoms with E-state index >= 15 is 0 Å². The van der Waals surface area contributed by atoms with Crippen molar-refractivity contribution in [2.24, 2.45) is 0 Å². The molecule has 0 spiro atoms. The third kappa shape index (κ3) is 3.27. The molecule has 5 heteroatoms. The SMILES string of the molecule is CCn1nc(C)c(C(C)NCCc2nc(C)cs2)c1C. The fraction of sp³-hybridized carbons (Fsp3) is 0.600. The van der Waals surface area contributed by atoms with Gasteiger partial charge < -0.3 is 5.32 Å². The smallest absolute Gasteiger partial charge is 0.0940 e. The molecule has 2 aromatic heterocycles. The van der Waals surface area contributed by atoms with E-state index in [1.165, 1.54) is 16.3 Å². The van der Waals surface area contributed by atoms with Gasteiger partial charge in [0.1, 0.15) is 0 Å². The number of aryl methyl sites for hydroxylation is 3. The lowest BCUT2D eigenvalue weighted by Gasteiger charge is -2.14. The summed E-state index contributed by atoms with van der Waals surface area (Å²) < 4.78 is 2.08. The van der Waals surface area contributed by atoms with Crippen LogP contribution in [0.4, 0.5) is 0 Å². The van der Waals surface area contributed by atoms with Gasteiger partial charge in [-0.3, -0.25) is 4.68 Å². The molecule has 0 bridgehead atoms. The van der Waals surface area contributed by atoms with Gasteiger partial charge in [0.15, 0.2) is 0 Å². The third-order valence-electron chi connectivity index (χ3n) is 3.63. The molecule has 110 valence electrons. The van der Waals surface area contributed by atoms with Gasteiger partial charge in [-0.25, -0.2) is 4.98 Å². The zero-order valence-electron chi connectivity index (χ0n) is 13.0. The second-order valence-corrected chi connectivity index (χ2v) is 6.15. The van der Waals surface area contributed by atoms with E-state index in [4.69, 9.17) is 0 Å². The van der Waals surface area contributed by atoms with Crippen molar-refractivity contribution in [3.8, 4) is 0 Å². The van der Waals surface area contributed by atoms with E-state index in [1.54, 1.807) is 11.3 Å². The Balaban J connectivity index is 1.95. The van der Waals surface area contributed by atoms with Crippen LogP contribution >= 0.6 is 11.3 Å². The summed E-state index contributed by atoms with van der Waals surface area (Å²) in [6, 6.07) is 0.330. The van der Waals surface area contributed by atoms with Crippen molar-refractivity contribution in [1.29, 1.82) is 0 Å². The van der Waals surface area contributed by atoms with Crippen molar-refractivity contribution in [1.82, 2.24) is 20.1 Å². The minimum absolute atomic E-state index is 0.330. The van der Waals surface area contributed by atoms with E-state index in [-0.39, 0.29) is 0 Å². The molecule has 0 amide bonds. The molecule has 2 aromatic rings. The van der Waals surface area contributed by atoms with Gasteiger partial charge in [-0.1, -0.05) is 0 Å². The molecule has 2 rings (SSSR count). The monoisotopic (exact) mass is 292 g/mol. The Bertz CT molecular complexity index is 570. The summed E-state index contributed by atoms with van der Waals surface area (Å²) in [5.74, 6) is 0. The maximum absolute atomic E-state index is 4.59. The molecule has 1 unspecified atom stereocenters. The maximum Gasteiger partial charge on any atom is 0.0940 e. The van der Waals surface area contributed by atoms with Gasteiger partial charge in [0, 0.05) is 47.9 Å². The zero-order valence-corrected chi connectivity index (χ0v) is 13.8. The largest absolute Gasteiger partial charge is 0.310 e. The van der Waals surface area contributed by atoms with Gasteiger partial charge in [-0.2, -0.15) is 5.10 Å². The molecule has 0 aliphatic rings. The van der Waals surface area contributed by atoms with E-state index in [0.717, 1.165) is 30.9 Å². The second-order valence-electron chi connectivity index (χ2n) is 5.21. The first kappa shape index (κ1) is 15.2. The Morgan fingerprint density at radius 3 is 2.65 bits per heavy atom. The van der Waals surface area contributed by atoms with Crippen molar-refractivity contribution in [3.63, 3.8) is 0 Å². The van der Waals surface area contributed by atoms with E-state index in [1.807, 2.05) is 6.92 Å². The molecule has 0 aliphatic heterocycles. The van der Waals surface area contributed by atoms with E-state index in [0.29, 0.717) is 6.04 Å². The molecular weight excluding hydrogens is 268 g/mol. The summed E-state index contributed by atoms with van der Waals surface area (Å²) in [7, 11) is 0. The van der Waals surface area contributed by atoms with Crippen LogP contribution in [-0.4, -0.2) is 21.3 Å². The van der Waals surface area contributed by atoms with Crippen LogP contribution in [-0.2, 0) is 13.0 Å². The average molecular weight is 292 g/mol. The topological polar surface area (TPSA) is 42.7 Å². The maximum atomic E-state index is 4.59. The normalized spacial score (nSPS) is 12.8. The molecule has 0 saturated carbocycles. The summed E-state index contributed by atoms with van der Waals surface area (Å²) in [6.07, 6.45) is 0.989. The van der Waals surface area contributed by atoms with E-state index in [9.17, 15) is 0 Å². The number of aromatic nitrogens is 3. The molecule has 20 heavy (non-hydrogen) atoms. The highest BCUT2D eigenvalue weighted by Gasteiger charge is 2.16. The number of nitrogens with one attached hydrogen (secondary N) is 1. The summed E-state index contributed by atoms with van der Waals surface area (Å²) >= 11 is 1.74. The fourth-order valence-electron chi connectivity index (χ4n) is 2.66. The molecular formula is C15H24N4S. The number of thiazole rings is 1. The predicted octanol–water partition coefficient (Wildman–Crippen LogP) is 3.18. The first-order valence-corrected chi connectivity index (χ1v) is 8.09. The lowest BCUT2D eigenvalue weighted by Crippen LogP contribution is -2.22. The van der Waals surface area contributed by atoms with Crippen molar-refractivity contribution in [2.75, 3.05) is 6.54 Å². The second kappa shape index (κ2) is 6.50. The number of hydrogen-bond donors (Lipinski definition) is 1. The first-order chi connectivity index (χ1) is 9.52. The van der Waals surface area contributed by atoms with Crippen molar-refractivity contribution < 1.29 is 0 Å². The van der Waals surface area contributed by atoms with Crippen molar-refractivity contribution in [3.05, 3.63) is 33.0 Å². The van der Waals surface area contributed by atoms with Crippen LogP contribution in [0.1, 0.15) is 47.5 Å². The summed E-state index contributed by atoms with van der Waals surface area (Å²) in [6.45, 7) is 12.5. The molecule has 0 saturated heterocycles. The van der Waals surface area contributed by atoms with Crippen LogP contribution in [0.2, 0.25) is 0 Å². The van der Waals surface area contributed by atoms with Crippen LogP contribution < -0.4 is 5.32 Å². The summed E-state index contributed by atoms with van der Waals surface area (Å²) in [5.41, 5.74) is 4.86. The molecule has 0 aromatic carbocycles. The first-order valence-electron chi connectivity index (χ1n) is 7.21. The number of rotatable bonds is 6. The molecule has 0 radical (unpaired) electrons. The van der Waals surface area contributed by atoms with Crippen LogP contribution in [0.25, 0.3) is 0 Å². The van der Waals surface area contributed by atoms with Gasteiger partial charge in [-0.05, 0) is 34.6 Å². The van der Waals surface area contributed by atoms with Crippen molar-refractivity contribution in [2.45, 2.75) is 53.6 Å². The Kier molecular flexibility index (Phi) is 4.94. The molecule has 4 nitrogen and oxygen atoms in total. The van der Waals surface area contributed by atoms with Crippen LogP contribution in [0, 0.1) is 20.8 Å². The Labute approximate surface area is 125 Å². The highest BCUT2D eigenvalue weighted by molar-refractivity contribution is 7.09. The molecule has 1 N–H and O–H groups in total. The van der Waals surface area contributed by atoms with E-state index < -0.39 is 0 Å². The summed E-state index contributed by atoms with van der Waals surface area (Å²) in [4.78, 5) is 4.49. The van der Waals surface area contributed by atoms with E-state index in [2.05, 4.69) is 53.2 Å². The number of hydrogen-bond acceptors (Lipinski definition) is 4. The number of nitrogens with zero attached hydrogens (tertiary/aromatic N) is 3. The lowest BCUT2D eigenvalue weighted by molar-refractivity contribution is 0.568. The predicted molar refractivity (Wildman–Crippen MR) is 84.3 cm³/mol. The zero-order chi connectivity index (χ0) is 14.7. The quantitative estimate of drug-likeness (QED) is 0.889. The summed E-state index contributed by atoms with van der Waals surface area (Å²) in [5, 5.41) is 11.5. The van der Waals surface area contributed by atoms with Crippen LogP contribution in [0.3, 0.4) is 0 Å². The van der Waals surface area contributed by atoms with Gasteiger partial charge in [-0.15, -0.1) is 11.3 Å². The average Bonchev–Trinajstić information content (AvgIpc) is 2.93. The minimum Gasteiger partial charge on any atom is -0.310 e. The third-order valence-corrected chi connectivity index (χ3v) is 4.65. The van der Waals surface area contributed by atoms with Gasteiger partial charge in [0.05, 0.1) is 10.7 Å². The Morgan fingerprint density at radius 2 is 2.10 bits per heavy atom. The molecule has 2 heterocycles. The lowest BCUT2D eigenvalue weighted by atomic mass is 10.1. The van der Waals surface area contributed by atoms with Crippen LogP contribution in [0.5, 0.6) is 0 Å². The van der Waals surface area contributed by atoms with Crippen molar-refractivity contribution >= 4 is 11.3 Å². The standard InChI is InChI=1S/C15H24N4S/c1-6-19-13(5)15(12(4)18-19)11(3)16-8-7-14-17-10(2)9-20-14/h9,11,16H,6-8H2,1-5H3. The Morgan fingerprint density at radius 1 is 1.35 bits per heavy atom. The van der Waals surface area contributed by atoms with Gasteiger partial charge in [0.25, 0.3) is 0 Å². The fourth-order valence-corrected chi connectivity index (χ4v) is 3.44. The van der Waals surface area contributed by atoms with Gasteiger partial charge >= 0.3 is 0 Å². The molecule has 0 aliphatic carbocycles. The van der Waals surface area contributed by atoms with Crippen LogP contribution in [0.15, 0.2) is 5.38 Å². The highest BCUT2D eigenvalue weighted by Crippen LogP contribution is 2.21.